The van der Waals surface area contributed by atoms with E-state index in [0.717, 1.165) is 0 Å². The fourth-order valence-electron chi connectivity index (χ4n) is 2.29. The average Bonchev–Trinajstić information content (AvgIpc) is 2.59. The van der Waals surface area contributed by atoms with Gasteiger partial charge in [0.05, 0.1) is 14.2 Å². The van der Waals surface area contributed by atoms with Gasteiger partial charge in [-0.15, -0.1) is 0 Å². The molecular weight excluding hydrogens is 344 g/mol. The highest BCUT2D eigenvalue weighted by atomic mass is 35.5. The molecule has 7 heteroatoms. The number of rotatable bonds is 6. The maximum Gasteiger partial charge on any atom is 0.244 e. The van der Waals surface area contributed by atoms with Gasteiger partial charge in [-0.2, -0.15) is 0 Å². The van der Waals surface area contributed by atoms with E-state index in [2.05, 4.69) is 5.32 Å². The molecule has 0 saturated carbocycles. The third-order valence-electron chi connectivity index (χ3n) is 3.47. The molecule has 0 heterocycles. The molecule has 6 nitrogen and oxygen atoms in total. The summed E-state index contributed by atoms with van der Waals surface area (Å²) in [6.07, 6.45) is 0. The monoisotopic (exact) mass is 362 g/mol. The molecule has 2 rings (SSSR count). The van der Waals surface area contributed by atoms with Crippen molar-refractivity contribution < 1.29 is 19.1 Å². The topological polar surface area (TPSA) is 67.9 Å². The first kappa shape index (κ1) is 18.6. The van der Waals surface area contributed by atoms with Gasteiger partial charge < -0.3 is 19.7 Å². The van der Waals surface area contributed by atoms with Gasteiger partial charge in [0.2, 0.25) is 11.8 Å². The molecule has 25 heavy (non-hydrogen) atoms. The van der Waals surface area contributed by atoms with E-state index in [1.54, 1.807) is 42.5 Å². The second-order valence-corrected chi connectivity index (χ2v) is 5.64. The predicted octanol–water partition coefficient (Wildman–Crippen LogP) is 3.35. The molecule has 0 aliphatic rings. The number of methoxy groups -OCH3 is 2. The summed E-state index contributed by atoms with van der Waals surface area (Å²) in [7, 11) is 3.05. The number of hydrogen-bond donors (Lipinski definition) is 1. The number of benzene rings is 2. The molecule has 2 amide bonds. The van der Waals surface area contributed by atoms with Gasteiger partial charge >= 0.3 is 0 Å². The molecule has 0 saturated heterocycles. The van der Waals surface area contributed by atoms with E-state index in [9.17, 15) is 9.59 Å². The Bertz CT molecular complexity index is 779. The first-order valence-electron chi connectivity index (χ1n) is 7.50. The number of nitrogens with one attached hydrogen (secondary N) is 1. The fraction of sp³-hybridized carbons (Fsp3) is 0.222. The number of halogens is 1. The van der Waals surface area contributed by atoms with Crippen molar-refractivity contribution in [1.82, 2.24) is 0 Å². The third-order valence-corrected chi connectivity index (χ3v) is 3.70. The van der Waals surface area contributed by atoms with Crippen molar-refractivity contribution in [3.63, 3.8) is 0 Å². The highest BCUT2D eigenvalue weighted by Gasteiger charge is 2.16. The lowest BCUT2D eigenvalue weighted by Crippen LogP contribution is -2.36. The molecule has 0 aliphatic heterocycles. The maximum absolute atomic E-state index is 12.3. The number of anilines is 2. The summed E-state index contributed by atoms with van der Waals surface area (Å²) in [5.41, 5.74) is 1.10. The molecule has 0 bridgehead atoms. The van der Waals surface area contributed by atoms with Crippen LogP contribution in [0.5, 0.6) is 11.5 Å². The van der Waals surface area contributed by atoms with Crippen LogP contribution < -0.4 is 19.7 Å². The lowest BCUT2D eigenvalue weighted by molar-refractivity contribution is -0.120. The normalized spacial score (nSPS) is 10.1. The van der Waals surface area contributed by atoms with Gasteiger partial charge in [-0.3, -0.25) is 9.59 Å². The minimum atomic E-state index is -0.345. The molecule has 2 aromatic carbocycles. The highest BCUT2D eigenvalue weighted by Crippen LogP contribution is 2.29. The molecule has 132 valence electrons. The van der Waals surface area contributed by atoms with Crippen LogP contribution in [-0.4, -0.2) is 32.6 Å². The lowest BCUT2D eigenvalue weighted by Gasteiger charge is -2.21. The zero-order valence-corrected chi connectivity index (χ0v) is 15.0. The van der Waals surface area contributed by atoms with Crippen LogP contribution in [0.25, 0.3) is 0 Å². The molecular formula is C18H19ClN2O4. The molecule has 0 spiro atoms. The van der Waals surface area contributed by atoms with E-state index in [4.69, 9.17) is 21.1 Å². The minimum Gasteiger partial charge on any atom is -0.493 e. The van der Waals surface area contributed by atoms with E-state index in [1.807, 2.05) is 0 Å². The third kappa shape index (κ3) is 4.87. The van der Waals surface area contributed by atoms with Crippen LogP contribution in [-0.2, 0) is 9.59 Å². The van der Waals surface area contributed by atoms with Gasteiger partial charge in [0.15, 0.2) is 11.5 Å². The van der Waals surface area contributed by atoms with Crippen molar-refractivity contribution in [2.24, 2.45) is 0 Å². The number of amides is 2. The first-order chi connectivity index (χ1) is 11.9. The zero-order chi connectivity index (χ0) is 18.4. The zero-order valence-electron chi connectivity index (χ0n) is 14.2. The van der Waals surface area contributed by atoms with Crippen molar-refractivity contribution in [2.45, 2.75) is 6.92 Å². The fourth-order valence-corrected chi connectivity index (χ4v) is 2.47. The molecule has 0 aromatic heterocycles. The Morgan fingerprint density at radius 1 is 1.08 bits per heavy atom. The van der Waals surface area contributed by atoms with Gasteiger partial charge in [-0.05, 0) is 30.3 Å². The smallest absolute Gasteiger partial charge is 0.244 e. The van der Waals surface area contributed by atoms with Crippen LogP contribution in [0.2, 0.25) is 5.02 Å². The van der Waals surface area contributed by atoms with E-state index in [1.165, 1.54) is 26.0 Å². The Balaban J connectivity index is 2.13. The summed E-state index contributed by atoms with van der Waals surface area (Å²) < 4.78 is 10.4. The second-order valence-electron chi connectivity index (χ2n) is 5.20. The number of ether oxygens (including phenoxy) is 2. The molecule has 0 radical (unpaired) electrons. The summed E-state index contributed by atoms with van der Waals surface area (Å²) in [6.45, 7) is 1.26. The van der Waals surface area contributed by atoms with Crippen LogP contribution in [0.15, 0.2) is 42.5 Å². The summed E-state index contributed by atoms with van der Waals surface area (Å²) in [6, 6.07) is 11.8. The van der Waals surface area contributed by atoms with Gasteiger partial charge in [-0.1, -0.05) is 17.7 Å². The predicted molar refractivity (Wildman–Crippen MR) is 97.7 cm³/mol. The van der Waals surface area contributed by atoms with Gasteiger partial charge in [0.25, 0.3) is 0 Å². The van der Waals surface area contributed by atoms with Crippen molar-refractivity contribution >= 4 is 34.8 Å². The van der Waals surface area contributed by atoms with E-state index < -0.39 is 0 Å². The van der Waals surface area contributed by atoms with Crippen LogP contribution in [0.3, 0.4) is 0 Å². The Labute approximate surface area is 151 Å². The number of carbonyl (C=O) groups excluding carboxylic acids is 2. The van der Waals surface area contributed by atoms with Gasteiger partial charge in [0, 0.05) is 29.4 Å². The largest absolute Gasteiger partial charge is 0.493 e. The van der Waals surface area contributed by atoms with Crippen molar-refractivity contribution in [1.29, 1.82) is 0 Å². The standard InChI is InChI=1S/C18H19ClN2O4/c1-12(22)21(15-6-4-5-13(19)9-15)11-18(23)20-14-7-8-16(24-2)17(10-14)25-3/h4-10H,11H2,1-3H3,(H,20,23). The van der Waals surface area contributed by atoms with Crippen molar-refractivity contribution in [3.05, 3.63) is 47.5 Å². The van der Waals surface area contributed by atoms with Crippen LogP contribution in [0.4, 0.5) is 11.4 Å². The maximum atomic E-state index is 12.3. The molecule has 1 N–H and O–H groups in total. The minimum absolute atomic E-state index is 0.135. The van der Waals surface area contributed by atoms with Crippen molar-refractivity contribution in [2.75, 3.05) is 31.0 Å². The van der Waals surface area contributed by atoms with E-state index >= 15 is 0 Å². The van der Waals surface area contributed by atoms with Crippen LogP contribution >= 0.6 is 11.6 Å². The van der Waals surface area contributed by atoms with E-state index in [-0.39, 0.29) is 18.4 Å². The number of nitrogens with zero attached hydrogens (tertiary/aromatic N) is 1. The summed E-state index contributed by atoms with van der Waals surface area (Å²) in [5, 5.41) is 3.23. The summed E-state index contributed by atoms with van der Waals surface area (Å²) in [4.78, 5) is 25.6. The van der Waals surface area contributed by atoms with E-state index in [0.29, 0.717) is 27.9 Å². The Hall–Kier alpha value is -2.73. The average molecular weight is 363 g/mol. The van der Waals surface area contributed by atoms with Gasteiger partial charge in [-0.25, -0.2) is 0 Å². The SMILES string of the molecule is COc1ccc(NC(=O)CN(C(C)=O)c2cccc(Cl)c2)cc1OC. The lowest BCUT2D eigenvalue weighted by atomic mass is 10.2. The van der Waals surface area contributed by atoms with Crippen LogP contribution in [0, 0.1) is 0 Å². The second kappa shape index (κ2) is 8.39. The number of hydrogen-bond acceptors (Lipinski definition) is 4. The Morgan fingerprint density at radius 3 is 2.40 bits per heavy atom. The Kier molecular flexibility index (Phi) is 6.25. The molecule has 2 aromatic rings. The first-order valence-corrected chi connectivity index (χ1v) is 7.88. The number of carbonyl (C=O) groups is 2. The van der Waals surface area contributed by atoms with Crippen molar-refractivity contribution in [3.8, 4) is 11.5 Å². The summed E-state index contributed by atoms with van der Waals surface area (Å²) in [5.74, 6) is 0.454. The molecule has 0 unspecified atom stereocenters. The quantitative estimate of drug-likeness (QED) is 0.855. The molecule has 0 atom stereocenters. The molecule has 0 fully saturated rings. The molecule has 0 aliphatic carbocycles. The summed E-state index contributed by atoms with van der Waals surface area (Å²) >= 11 is 5.96. The van der Waals surface area contributed by atoms with Crippen LogP contribution in [0.1, 0.15) is 6.92 Å². The highest BCUT2D eigenvalue weighted by molar-refractivity contribution is 6.31. The van der Waals surface area contributed by atoms with Gasteiger partial charge in [0.1, 0.15) is 6.54 Å². The Morgan fingerprint density at radius 2 is 1.80 bits per heavy atom.